The van der Waals surface area contributed by atoms with Gasteiger partial charge in [0, 0.05) is 55.4 Å². The Balaban J connectivity index is 1.09. The Bertz CT molecular complexity index is 1760. The van der Waals surface area contributed by atoms with Crippen LogP contribution in [-0.4, -0.2) is 34.6 Å². The van der Waals surface area contributed by atoms with Crippen molar-refractivity contribution in [1.82, 2.24) is 0 Å². The lowest BCUT2D eigenvalue weighted by molar-refractivity contribution is -0.120. The number of aliphatic imine (C=N–C) groups is 2. The monoisotopic (exact) mass is 678 g/mol. The SMILES string of the molecule is O=C1C(=NC2=Cc3sc4c5c(sc4c3C23CCCCC3)C=C(N=C2C(=O)C3CCCCC3C2=O)C52CCCCC2)C(=O)C2CCCCC12. The van der Waals surface area contributed by atoms with E-state index in [0.29, 0.717) is 0 Å². The first-order valence-corrected chi connectivity index (χ1v) is 20.4. The van der Waals surface area contributed by atoms with Crippen molar-refractivity contribution in [3.8, 4) is 0 Å². The number of carbonyl (C=O) groups is 4. The molecule has 2 heterocycles. The summed E-state index contributed by atoms with van der Waals surface area (Å²) in [6, 6.07) is 0. The number of ketones is 4. The summed E-state index contributed by atoms with van der Waals surface area (Å²) < 4.78 is 2.69. The van der Waals surface area contributed by atoms with Crippen molar-refractivity contribution in [1.29, 1.82) is 0 Å². The van der Waals surface area contributed by atoms with Crippen LogP contribution < -0.4 is 0 Å². The fourth-order valence-electron chi connectivity index (χ4n) is 11.4. The second-order valence-corrected chi connectivity index (χ2v) is 18.2. The van der Waals surface area contributed by atoms with E-state index < -0.39 is 0 Å². The van der Waals surface area contributed by atoms with Gasteiger partial charge in [-0.15, -0.1) is 22.7 Å². The summed E-state index contributed by atoms with van der Waals surface area (Å²) in [5, 5.41) is 0. The zero-order valence-electron chi connectivity index (χ0n) is 27.5. The fraction of sp³-hybridized carbons (Fsp3) is 0.600. The van der Waals surface area contributed by atoms with Crippen LogP contribution in [0.15, 0.2) is 21.4 Å². The highest BCUT2D eigenvalue weighted by atomic mass is 32.1. The van der Waals surface area contributed by atoms with Gasteiger partial charge >= 0.3 is 0 Å². The summed E-state index contributed by atoms with van der Waals surface area (Å²) in [4.78, 5) is 66.8. The van der Waals surface area contributed by atoms with Crippen molar-refractivity contribution >= 4 is 78.8 Å². The molecular weight excluding hydrogens is 637 g/mol. The van der Waals surface area contributed by atoms with Gasteiger partial charge in [-0.05, 0) is 63.5 Å². The van der Waals surface area contributed by atoms with E-state index >= 15 is 0 Å². The van der Waals surface area contributed by atoms with Crippen LogP contribution in [0.2, 0.25) is 0 Å². The molecule has 0 aromatic carbocycles. The summed E-state index contributed by atoms with van der Waals surface area (Å²) in [6.07, 6.45) is 22.7. The van der Waals surface area contributed by atoms with E-state index in [9.17, 15) is 19.2 Å². The van der Waals surface area contributed by atoms with Crippen molar-refractivity contribution < 1.29 is 19.2 Å². The number of carbonyl (C=O) groups excluding carboxylic acids is 4. The minimum absolute atomic E-state index is 0.0101. The highest BCUT2D eigenvalue weighted by Crippen LogP contribution is 2.63. The number of thiophene rings is 2. The average molecular weight is 679 g/mol. The van der Waals surface area contributed by atoms with Crippen molar-refractivity contribution in [2.24, 2.45) is 33.7 Å². The quantitative estimate of drug-likeness (QED) is 0.317. The van der Waals surface area contributed by atoms with Crippen LogP contribution in [-0.2, 0) is 30.0 Å². The largest absolute Gasteiger partial charge is 0.292 e. The summed E-state index contributed by atoms with van der Waals surface area (Å²) in [5.74, 6) is -0.687. The van der Waals surface area contributed by atoms with E-state index in [4.69, 9.17) is 9.98 Å². The number of rotatable bonds is 2. The molecular formula is C40H42N2O4S2. The Hall–Kier alpha value is -2.84. The highest BCUT2D eigenvalue weighted by Gasteiger charge is 2.53. The summed E-state index contributed by atoms with van der Waals surface area (Å²) in [5.41, 5.74) is 4.61. The predicted octanol–water partition coefficient (Wildman–Crippen LogP) is 8.87. The Morgan fingerprint density at radius 3 is 1.15 bits per heavy atom. The van der Waals surface area contributed by atoms with Gasteiger partial charge in [0.25, 0.3) is 0 Å². The van der Waals surface area contributed by atoms with Gasteiger partial charge in [0.1, 0.15) is 11.4 Å². The van der Waals surface area contributed by atoms with E-state index in [2.05, 4.69) is 12.2 Å². The van der Waals surface area contributed by atoms with E-state index in [1.54, 1.807) is 0 Å². The molecule has 2 spiro atoms. The molecule has 8 aliphatic carbocycles. The van der Waals surface area contributed by atoms with Gasteiger partial charge in [-0.3, -0.25) is 19.2 Å². The second kappa shape index (κ2) is 10.8. The third-order valence-electron chi connectivity index (χ3n) is 13.7. The first-order valence-electron chi connectivity index (χ1n) is 18.8. The molecule has 2 aromatic rings. The smallest absolute Gasteiger partial charge is 0.188 e. The maximum Gasteiger partial charge on any atom is 0.188 e. The lowest BCUT2D eigenvalue weighted by atomic mass is 9.68. The summed E-state index contributed by atoms with van der Waals surface area (Å²) >= 11 is 3.72. The van der Waals surface area contributed by atoms with Crippen LogP contribution in [0.4, 0.5) is 0 Å². The second-order valence-electron chi connectivity index (χ2n) is 16.1. The number of Topliss-reactive ketones (excluding diaryl/α,β-unsaturated/α-hetero) is 4. The van der Waals surface area contributed by atoms with Crippen molar-refractivity contribution in [3.63, 3.8) is 0 Å². The molecule has 6 fully saturated rings. The molecule has 0 amide bonds. The zero-order valence-corrected chi connectivity index (χ0v) is 29.2. The van der Waals surface area contributed by atoms with Gasteiger partial charge in [0.15, 0.2) is 23.1 Å². The van der Waals surface area contributed by atoms with Gasteiger partial charge in [-0.2, -0.15) is 0 Å². The van der Waals surface area contributed by atoms with E-state index in [0.717, 1.165) is 114 Å². The topological polar surface area (TPSA) is 93.0 Å². The van der Waals surface area contributed by atoms with Crippen LogP contribution in [0.5, 0.6) is 0 Å². The molecule has 6 nitrogen and oxygen atoms in total. The van der Waals surface area contributed by atoms with E-state index in [1.165, 1.54) is 43.1 Å². The molecule has 4 atom stereocenters. The van der Waals surface area contributed by atoms with E-state index in [-0.39, 0.29) is 69.1 Å². The maximum atomic E-state index is 13.5. The van der Waals surface area contributed by atoms with Crippen molar-refractivity contribution in [2.75, 3.05) is 0 Å². The molecule has 8 aliphatic rings. The first kappa shape index (κ1) is 30.0. The van der Waals surface area contributed by atoms with Gasteiger partial charge in [0.2, 0.25) is 0 Å². The zero-order chi connectivity index (χ0) is 32.4. The minimum Gasteiger partial charge on any atom is -0.292 e. The average Bonchev–Trinajstić information content (AvgIpc) is 3.90. The molecule has 48 heavy (non-hydrogen) atoms. The summed E-state index contributed by atoms with van der Waals surface area (Å²) in [6.45, 7) is 0. The Morgan fingerprint density at radius 2 is 0.812 bits per heavy atom. The van der Waals surface area contributed by atoms with Crippen LogP contribution in [0, 0.1) is 23.7 Å². The minimum atomic E-state index is -0.253. The number of fused-ring (bicyclic) bond motifs is 9. The Labute approximate surface area is 289 Å². The lowest BCUT2D eigenvalue weighted by Gasteiger charge is -2.36. The normalized spacial score (nSPS) is 31.8. The summed E-state index contributed by atoms with van der Waals surface area (Å²) in [7, 11) is 0. The van der Waals surface area contributed by atoms with Crippen molar-refractivity contribution in [3.05, 3.63) is 32.3 Å². The molecule has 8 heteroatoms. The fourth-order valence-corrected chi connectivity index (χ4v) is 14.5. The molecule has 0 saturated heterocycles. The van der Waals surface area contributed by atoms with Crippen LogP contribution in [0.1, 0.15) is 136 Å². The lowest BCUT2D eigenvalue weighted by Crippen LogP contribution is -2.30. The molecule has 0 bridgehead atoms. The predicted molar refractivity (Wildman–Crippen MR) is 191 cm³/mol. The molecule has 0 radical (unpaired) electrons. The third-order valence-corrected chi connectivity index (χ3v) is 16.2. The highest BCUT2D eigenvalue weighted by molar-refractivity contribution is 7.29. The number of nitrogens with zero attached hydrogens (tertiary/aromatic N) is 2. The number of hydrogen-bond acceptors (Lipinski definition) is 8. The van der Waals surface area contributed by atoms with Crippen LogP contribution in [0.3, 0.4) is 0 Å². The molecule has 2 aromatic heterocycles. The molecule has 6 saturated carbocycles. The van der Waals surface area contributed by atoms with Gasteiger partial charge in [-0.25, -0.2) is 9.98 Å². The Kier molecular flexibility index (Phi) is 6.77. The Morgan fingerprint density at radius 1 is 0.479 bits per heavy atom. The van der Waals surface area contributed by atoms with E-state index in [1.807, 2.05) is 22.7 Å². The number of hydrogen-bond donors (Lipinski definition) is 0. The van der Waals surface area contributed by atoms with Crippen LogP contribution >= 0.6 is 22.7 Å². The molecule has 4 unspecified atom stereocenters. The van der Waals surface area contributed by atoms with Gasteiger partial charge < -0.3 is 0 Å². The maximum absolute atomic E-state index is 13.5. The number of allylic oxidation sites excluding steroid dienone is 2. The standard InChI is InChI=1S/C40H42N2O4S2/c43-33-21-11-3-4-12-22(21)34(44)31(33)41-27-19-25-29(39(27)15-7-1-8-16-39)37-38(47-25)30-26(48-37)20-28(40(30)17-9-2-10-18-40)42-32-35(45)23-13-5-6-14-24(23)36(32)46/h19-24H,1-18H2. The van der Waals surface area contributed by atoms with Gasteiger partial charge in [-0.1, -0.05) is 64.2 Å². The molecule has 10 rings (SSSR count). The molecule has 0 N–H and O–H groups in total. The molecule has 0 aliphatic heterocycles. The molecule has 248 valence electrons. The third kappa shape index (κ3) is 3.96. The van der Waals surface area contributed by atoms with Crippen molar-refractivity contribution in [2.45, 2.75) is 126 Å². The van der Waals surface area contributed by atoms with Crippen LogP contribution in [0.25, 0.3) is 21.6 Å². The first-order chi connectivity index (χ1) is 23.4. The van der Waals surface area contributed by atoms with Gasteiger partial charge in [0.05, 0.1) is 20.8 Å².